The van der Waals surface area contributed by atoms with Crippen LogP contribution in [0, 0.1) is 0 Å². The van der Waals surface area contributed by atoms with Gasteiger partial charge in [-0.15, -0.1) is 0 Å². The van der Waals surface area contributed by atoms with E-state index in [-0.39, 0.29) is 13.2 Å². The van der Waals surface area contributed by atoms with Gasteiger partial charge in [0.15, 0.2) is 0 Å². The highest BCUT2D eigenvalue weighted by Crippen LogP contribution is 2.11. The van der Waals surface area contributed by atoms with Crippen molar-refractivity contribution >= 4 is 0 Å². The van der Waals surface area contributed by atoms with E-state index in [4.69, 9.17) is 9.84 Å². The summed E-state index contributed by atoms with van der Waals surface area (Å²) >= 11 is 0. The minimum atomic E-state index is -0.553. The van der Waals surface area contributed by atoms with Gasteiger partial charge in [0, 0.05) is 6.20 Å². The SMILES string of the molecule is O=c1onc(-c2ccccn2)n1CCOCCO. The topological polar surface area (TPSA) is 90.4 Å². The molecule has 18 heavy (non-hydrogen) atoms. The van der Waals surface area contributed by atoms with Crippen molar-refractivity contribution in [3.8, 4) is 11.5 Å². The van der Waals surface area contributed by atoms with Crippen LogP contribution in [-0.2, 0) is 11.3 Å². The largest absolute Gasteiger partial charge is 0.441 e. The number of pyridine rings is 1. The second kappa shape index (κ2) is 6.08. The molecule has 0 bridgehead atoms. The highest BCUT2D eigenvalue weighted by atomic mass is 16.5. The van der Waals surface area contributed by atoms with Crippen LogP contribution in [0.1, 0.15) is 0 Å². The third-order valence-electron chi connectivity index (χ3n) is 2.28. The summed E-state index contributed by atoms with van der Waals surface area (Å²) in [5.41, 5.74) is 0.561. The van der Waals surface area contributed by atoms with Crippen LogP contribution >= 0.6 is 0 Å². The number of aliphatic hydroxyl groups excluding tert-OH is 1. The summed E-state index contributed by atoms with van der Waals surface area (Å²) in [5.74, 6) is -0.184. The first-order chi connectivity index (χ1) is 8.83. The molecule has 0 saturated carbocycles. The van der Waals surface area contributed by atoms with E-state index in [9.17, 15) is 4.79 Å². The first-order valence-electron chi connectivity index (χ1n) is 5.49. The van der Waals surface area contributed by atoms with Crippen molar-refractivity contribution in [3.05, 3.63) is 34.9 Å². The van der Waals surface area contributed by atoms with Crippen molar-refractivity contribution in [1.82, 2.24) is 14.7 Å². The molecule has 0 aliphatic rings. The average molecular weight is 251 g/mol. The standard InChI is InChI=1S/C11H13N3O4/c15-6-8-17-7-5-14-10(13-18-11(14)16)9-3-1-2-4-12-9/h1-4,15H,5-8H2. The molecule has 0 fully saturated rings. The summed E-state index contributed by atoms with van der Waals surface area (Å²) in [6.07, 6.45) is 1.61. The van der Waals surface area contributed by atoms with E-state index in [0.29, 0.717) is 24.7 Å². The van der Waals surface area contributed by atoms with E-state index >= 15 is 0 Å². The van der Waals surface area contributed by atoms with Crippen molar-refractivity contribution < 1.29 is 14.4 Å². The molecule has 1 N–H and O–H groups in total. The van der Waals surface area contributed by atoms with Crippen molar-refractivity contribution in [3.63, 3.8) is 0 Å². The van der Waals surface area contributed by atoms with Gasteiger partial charge in [0.2, 0.25) is 5.82 Å². The molecule has 0 aliphatic carbocycles. The van der Waals surface area contributed by atoms with E-state index in [2.05, 4.69) is 14.7 Å². The second-order valence-corrected chi connectivity index (χ2v) is 3.47. The van der Waals surface area contributed by atoms with Gasteiger partial charge in [-0.05, 0) is 12.1 Å². The van der Waals surface area contributed by atoms with Gasteiger partial charge in [0.25, 0.3) is 0 Å². The summed E-state index contributed by atoms with van der Waals surface area (Å²) < 4.78 is 11.1. The summed E-state index contributed by atoms with van der Waals surface area (Å²) in [6, 6.07) is 5.31. The zero-order valence-corrected chi connectivity index (χ0v) is 9.65. The van der Waals surface area contributed by atoms with Crippen LogP contribution in [0.25, 0.3) is 11.5 Å². The summed E-state index contributed by atoms with van der Waals surface area (Å²) in [5, 5.41) is 12.3. The molecule has 0 aliphatic heterocycles. The van der Waals surface area contributed by atoms with Crippen molar-refractivity contribution in [2.75, 3.05) is 19.8 Å². The molecular formula is C11H13N3O4. The Morgan fingerprint density at radius 2 is 2.28 bits per heavy atom. The lowest BCUT2D eigenvalue weighted by Gasteiger charge is -2.04. The number of aromatic nitrogens is 3. The van der Waals surface area contributed by atoms with Crippen molar-refractivity contribution in [1.29, 1.82) is 0 Å². The Kier molecular flexibility index (Phi) is 4.21. The zero-order chi connectivity index (χ0) is 12.8. The third-order valence-corrected chi connectivity index (χ3v) is 2.28. The fourth-order valence-corrected chi connectivity index (χ4v) is 1.47. The monoisotopic (exact) mass is 251 g/mol. The minimum Gasteiger partial charge on any atom is -0.394 e. The van der Waals surface area contributed by atoms with Gasteiger partial charge < -0.3 is 9.84 Å². The molecule has 7 heteroatoms. The number of hydrogen-bond acceptors (Lipinski definition) is 6. The average Bonchev–Trinajstić information content (AvgIpc) is 2.77. The number of aliphatic hydroxyl groups is 1. The van der Waals surface area contributed by atoms with Crippen LogP contribution in [0.3, 0.4) is 0 Å². The summed E-state index contributed by atoms with van der Waals surface area (Å²) in [4.78, 5) is 15.6. The van der Waals surface area contributed by atoms with E-state index in [1.54, 1.807) is 24.4 Å². The number of nitrogens with zero attached hydrogens (tertiary/aromatic N) is 3. The van der Waals surface area contributed by atoms with Crippen LogP contribution < -0.4 is 5.76 Å². The molecule has 0 atom stereocenters. The Morgan fingerprint density at radius 3 is 3.00 bits per heavy atom. The van der Waals surface area contributed by atoms with Crippen LogP contribution in [-0.4, -0.2) is 39.6 Å². The van der Waals surface area contributed by atoms with Gasteiger partial charge in [-0.25, -0.2) is 4.79 Å². The molecule has 2 rings (SSSR count). The number of hydrogen-bond donors (Lipinski definition) is 1. The zero-order valence-electron chi connectivity index (χ0n) is 9.65. The molecule has 2 aromatic rings. The Labute approximate surface area is 103 Å². The molecule has 0 radical (unpaired) electrons. The Balaban J connectivity index is 2.15. The second-order valence-electron chi connectivity index (χ2n) is 3.47. The normalized spacial score (nSPS) is 10.7. The smallest absolute Gasteiger partial charge is 0.394 e. The molecule has 2 heterocycles. The maximum Gasteiger partial charge on any atom is 0.441 e. The van der Waals surface area contributed by atoms with Crippen LogP contribution in [0.4, 0.5) is 0 Å². The molecule has 0 amide bonds. The van der Waals surface area contributed by atoms with Crippen LogP contribution in [0.15, 0.2) is 33.7 Å². The maximum absolute atomic E-state index is 11.5. The fourth-order valence-electron chi connectivity index (χ4n) is 1.47. The summed E-state index contributed by atoms with van der Waals surface area (Å²) in [7, 11) is 0. The molecular weight excluding hydrogens is 238 g/mol. The van der Waals surface area contributed by atoms with E-state index in [1.807, 2.05) is 0 Å². The molecule has 0 spiro atoms. The Hall–Kier alpha value is -1.99. The van der Waals surface area contributed by atoms with Crippen molar-refractivity contribution in [2.45, 2.75) is 6.54 Å². The molecule has 0 unspecified atom stereocenters. The van der Waals surface area contributed by atoms with Crippen LogP contribution in [0.5, 0.6) is 0 Å². The van der Waals surface area contributed by atoms with E-state index in [0.717, 1.165) is 0 Å². The van der Waals surface area contributed by atoms with E-state index < -0.39 is 5.76 Å². The maximum atomic E-state index is 11.5. The quantitative estimate of drug-likeness (QED) is 0.721. The third kappa shape index (κ3) is 2.82. The number of ether oxygens (including phenoxy) is 1. The molecule has 0 saturated heterocycles. The lowest BCUT2D eigenvalue weighted by molar-refractivity contribution is 0.0862. The first kappa shape index (κ1) is 12.5. The molecule has 96 valence electrons. The van der Waals surface area contributed by atoms with Gasteiger partial charge in [-0.2, -0.15) is 0 Å². The Bertz CT molecular complexity index is 535. The highest BCUT2D eigenvalue weighted by molar-refractivity contribution is 5.47. The lowest BCUT2D eigenvalue weighted by Crippen LogP contribution is -2.19. The minimum absolute atomic E-state index is 0.0500. The molecule has 2 aromatic heterocycles. The Morgan fingerprint density at radius 1 is 1.39 bits per heavy atom. The highest BCUT2D eigenvalue weighted by Gasteiger charge is 2.13. The lowest BCUT2D eigenvalue weighted by atomic mass is 10.3. The van der Waals surface area contributed by atoms with Crippen LogP contribution in [0.2, 0.25) is 0 Å². The first-order valence-corrected chi connectivity index (χ1v) is 5.49. The summed E-state index contributed by atoms with van der Waals surface area (Å²) in [6.45, 7) is 0.778. The molecule has 7 nitrogen and oxygen atoms in total. The van der Waals surface area contributed by atoms with Gasteiger partial charge in [-0.1, -0.05) is 11.2 Å². The predicted octanol–water partition coefficient (Wildman–Crippen LogP) is -0.0928. The van der Waals surface area contributed by atoms with Gasteiger partial charge in [0.05, 0.1) is 26.4 Å². The predicted molar refractivity (Wildman–Crippen MR) is 61.9 cm³/mol. The van der Waals surface area contributed by atoms with Gasteiger partial charge >= 0.3 is 5.76 Å². The van der Waals surface area contributed by atoms with Gasteiger partial charge in [-0.3, -0.25) is 14.1 Å². The fraction of sp³-hybridized carbons (Fsp3) is 0.364. The van der Waals surface area contributed by atoms with Crippen molar-refractivity contribution in [2.24, 2.45) is 0 Å². The number of rotatable bonds is 6. The van der Waals surface area contributed by atoms with E-state index in [1.165, 1.54) is 4.57 Å². The molecule has 0 aromatic carbocycles. The van der Waals surface area contributed by atoms with Gasteiger partial charge in [0.1, 0.15) is 5.69 Å².